The zero-order valence-corrected chi connectivity index (χ0v) is 12.5. The van der Waals surface area contributed by atoms with Gasteiger partial charge in [-0.05, 0) is 12.5 Å². The zero-order chi connectivity index (χ0) is 16.3. The Hall–Kier alpha value is -2.32. The van der Waals surface area contributed by atoms with E-state index in [-0.39, 0.29) is 24.8 Å². The van der Waals surface area contributed by atoms with Crippen LogP contribution in [0.3, 0.4) is 0 Å². The molecule has 1 aromatic carbocycles. The first-order valence-corrected chi connectivity index (χ1v) is 7.38. The highest BCUT2D eigenvalue weighted by molar-refractivity contribution is 5.78. The summed E-state index contributed by atoms with van der Waals surface area (Å²) >= 11 is 0. The SMILES string of the molecule is O=C(CN1CC[C@](O)(c2cn[nH]n2)C1)NCc1ccccc1F. The summed E-state index contributed by atoms with van der Waals surface area (Å²) in [7, 11) is 0. The number of amides is 1. The van der Waals surface area contributed by atoms with Gasteiger partial charge in [0.05, 0.1) is 12.7 Å². The van der Waals surface area contributed by atoms with Crippen molar-refractivity contribution >= 4 is 5.91 Å². The number of hydrogen-bond acceptors (Lipinski definition) is 5. The average molecular weight is 319 g/mol. The van der Waals surface area contributed by atoms with Crippen molar-refractivity contribution < 1.29 is 14.3 Å². The Morgan fingerprint density at radius 3 is 3.04 bits per heavy atom. The molecule has 0 radical (unpaired) electrons. The van der Waals surface area contributed by atoms with Crippen LogP contribution in [0.15, 0.2) is 30.5 Å². The van der Waals surface area contributed by atoms with E-state index in [0.717, 1.165) is 0 Å². The van der Waals surface area contributed by atoms with Gasteiger partial charge in [0.2, 0.25) is 5.91 Å². The Bertz CT molecular complexity index is 678. The van der Waals surface area contributed by atoms with Crippen molar-refractivity contribution in [3.8, 4) is 0 Å². The van der Waals surface area contributed by atoms with Gasteiger partial charge in [-0.3, -0.25) is 9.69 Å². The Labute approximate surface area is 132 Å². The summed E-state index contributed by atoms with van der Waals surface area (Å²) in [5.74, 6) is -0.549. The number of H-pyrrole nitrogens is 1. The van der Waals surface area contributed by atoms with Crippen molar-refractivity contribution in [2.45, 2.75) is 18.6 Å². The Kier molecular flexibility index (Phi) is 4.35. The molecule has 3 rings (SSSR count). The van der Waals surface area contributed by atoms with Crippen LogP contribution in [0, 0.1) is 5.82 Å². The molecule has 0 unspecified atom stereocenters. The largest absolute Gasteiger partial charge is 0.382 e. The molecule has 0 saturated carbocycles. The minimum Gasteiger partial charge on any atom is -0.382 e. The summed E-state index contributed by atoms with van der Waals surface area (Å²) in [5.41, 5.74) is -0.160. The molecule has 0 bridgehead atoms. The van der Waals surface area contributed by atoms with Gasteiger partial charge in [-0.25, -0.2) is 4.39 Å². The lowest BCUT2D eigenvalue weighted by Crippen LogP contribution is -2.38. The van der Waals surface area contributed by atoms with Gasteiger partial charge >= 0.3 is 0 Å². The molecule has 1 aromatic heterocycles. The second-order valence-corrected chi connectivity index (χ2v) is 5.72. The Morgan fingerprint density at radius 2 is 2.30 bits per heavy atom. The zero-order valence-electron chi connectivity index (χ0n) is 12.5. The van der Waals surface area contributed by atoms with Gasteiger partial charge in [-0.1, -0.05) is 18.2 Å². The van der Waals surface area contributed by atoms with Gasteiger partial charge in [-0.15, -0.1) is 0 Å². The van der Waals surface area contributed by atoms with E-state index in [1.54, 1.807) is 18.2 Å². The molecule has 1 saturated heterocycles. The van der Waals surface area contributed by atoms with Crippen molar-refractivity contribution in [2.24, 2.45) is 0 Å². The van der Waals surface area contributed by atoms with Crippen molar-refractivity contribution in [3.05, 3.63) is 47.5 Å². The van der Waals surface area contributed by atoms with E-state index in [0.29, 0.717) is 30.8 Å². The van der Waals surface area contributed by atoms with Gasteiger partial charge in [0, 0.05) is 25.2 Å². The molecule has 1 atom stereocenters. The predicted octanol–water partition coefficient (Wildman–Crippen LogP) is 0.154. The fraction of sp³-hybridized carbons (Fsp3) is 0.400. The number of β-amino-alcohol motifs (C(OH)–C–C–N with tert-alkyl or cyclic N) is 1. The molecular weight excluding hydrogens is 301 g/mol. The fourth-order valence-corrected chi connectivity index (χ4v) is 2.74. The lowest BCUT2D eigenvalue weighted by atomic mass is 10.0. The first-order valence-electron chi connectivity index (χ1n) is 7.38. The maximum atomic E-state index is 13.5. The van der Waals surface area contributed by atoms with E-state index in [1.165, 1.54) is 12.3 Å². The number of carbonyl (C=O) groups excluding carboxylic acids is 1. The van der Waals surface area contributed by atoms with E-state index < -0.39 is 5.60 Å². The third-order valence-electron chi connectivity index (χ3n) is 4.02. The standard InChI is InChI=1S/C15H18FN5O2/c16-12-4-2-1-3-11(12)7-17-14(22)9-21-6-5-15(23,10-21)13-8-18-20-19-13/h1-4,8,23H,5-7,9-10H2,(H,17,22)(H,18,19,20)/t15-/m1/s1. The molecule has 1 aliphatic heterocycles. The maximum absolute atomic E-state index is 13.5. The monoisotopic (exact) mass is 319 g/mol. The topological polar surface area (TPSA) is 94.1 Å². The number of rotatable bonds is 5. The maximum Gasteiger partial charge on any atom is 0.234 e. The molecule has 0 aliphatic carbocycles. The van der Waals surface area contributed by atoms with Crippen molar-refractivity contribution in [1.29, 1.82) is 0 Å². The van der Waals surface area contributed by atoms with Crippen molar-refractivity contribution in [2.75, 3.05) is 19.6 Å². The molecule has 2 aromatic rings. The van der Waals surface area contributed by atoms with Crippen LogP contribution in [0.4, 0.5) is 4.39 Å². The highest BCUT2D eigenvalue weighted by Gasteiger charge is 2.40. The average Bonchev–Trinajstić information content (AvgIpc) is 3.17. The minimum absolute atomic E-state index is 0.146. The van der Waals surface area contributed by atoms with E-state index >= 15 is 0 Å². The molecule has 3 N–H and O–H groups in total. The van der Waals surface area contributed by atoms with Crippen LogP contribution in [-0.2, 0) is 16.9 Å². The van der Waals surface area contributed by atoms with Gasteiger partial charge in [0.1, 0.15) is 17.1 Å². The number of carbonyl (C=O) groups is 1. The summed E-state index contributed by atoms with van der Waals surface area (Å²) < 4.78 is 13.5. The van der Waals surface area contributed by atoms with E-state index in [2.05, 4.69) is 20.7 Å². The predicted molar refractivity (Wildman–Crippen MR) is 79.6 cm³/mol. The van der Waals surface area contributed by atoms with Gasteiger partial charge in [-0.2, -0.15) is 15.4 Å². The normalized spacial score (nSPS) is 21.5. The molecule has 23 heavy (non-hydrogen) atoms. The second-order valence-electron chi connectivity index (χ2n) is 5.72. The minimum atomic E-state index is -1.08. The highest BCUT2D eigenvalue weighted by Crippen LogP contribution is 2.29. The lowest BCUT2D eigenvalue weighted by Gasteiger charge is -2.20. The van der Waals surface area contributed by atoms with Crippen LogP contribution in [0.2, 0.25) is 0 Å². The molecule has 7 nitrogen and oxygen atoms in total. The quantitative estimate of drug-likeness (QED) is 0.729. The summed E-state index contributed by atoms with van der Waals surface area (Å²) in [6, 6.07) is 6.33. The first kappa shape index (κ1) is 15.6. The molecular formula is C15H18FN5O2. The van der Waals surface area contributed by atoms with Crippen LogP contribution in [-0.4, -0.2) is 51.0 Å². The number of nitrogens with one attached hydrogen (secondary N) is 2. The number of halogens is 1. The van der Waals surface area contributed by atoms with Gasteiger partial charge in [0.15, 0.2) is 0 Å². The molecule has 122 valence electrons. The molecule has 1 amide bonds. The molecule has 2 heterocycles. The van der Waals surface area contributed by atoms with Crippen LogP contribution in [0.25, 0.3) is 0 Å². The third-order valence-corrected chi connectivity index (χ3v) is 4.02. The summed E-state index contributed by atoms with van der Waals surface area (Å²) in [4.78, 5) is 13.8. The Balaban J connectivity index is 1.50. The second kappa shape index (κ2) is 6.43. The number of benzene rings is 1. The molecule has 0 spiro atoms. The summed E-state index contributed by atoms with van der Waals surface area (Å²) in [6.45, 7) is 1.19. The van der Waals surface area contributed by atoms with E-state index in [4.69, 9.17) is 0 Å². The van der Waals surface area contributed by atoms with Crippen LogP contribution >= 0.6 is 0 Å². The van der Waals surface area contributed by atoms with E-state index in [9.17, 15) is 14.3 Å². The highest BCUT2D eigenvalue weighted by atomic mass is 19.1. The van der Waals surface area contributed by atoms with Crippen LogP contribution < -0.4 is 5.32 Å². The fourth-order valence-electron chi connectivity index (χ4n) is 2.74. The molecule has 1 aliphatic rings. The summed E-state index contributed by atoms with van der Waals surface area (Å²) in [6.07, 6.45) is 1.97. The number of hydrogen-bond donors (Lipinski definition) is 3. The van der Waals surface area contributed by atoms with Crippen molar-refractivity contribution in [1.82, 2.24) is 25.6 Å². The molecule has 8 heteroatoms. The molecule has 1 fully saturated rings. The number of likely N-dealkylation sites (tertiary alicyclic amines) is 1. The Morgan fingerprint density at radius 1 is 1.48 bits per heavy atom. The lowest BCUT2D eigenvalue weighted by molar-refractivity contribution is -0.122. The van der Waals surface area contributed by atoms with Gasteiger partial charge in [0.25, 0.3) is 0 Å². The number of aliphatic hydroxyl groups is 1. The van der Waals surface area contributed by atoms with Crippen molar-refractivity contribution in [3.63, 3.8) is 0 Å². The smallest absolute Gasteiger partial charge is 0.234 e. The first-order chi connectivity index (χ1) is 11.1. The van der Waals surface area contributed by atoms with E-state index in [1.807, 2.05) is 4.90 Å². The van der Waals surface area contributed by atoms with Gasteiger partial charge < -0.3 is 10.4 Å². The number of aromatic nitrogens is 3. The number of aromatic amines is 1. The third kappa shape index (κ3) is 3.54. The summed E-state index contributed by atoms with van der Waals surface area (Å²) in [5, 5.41) is 23.3. The van der Waals surface area contributed by atoms with Crippen LogP contribution in [0.1, 0.15) is 17.7 Å². The number of nitrogens with zero attached hydrogens (tertiary/aromatic N) is 3. The van der Waals surface area contributed by atoms with Crippen LogP contribution in [0.5, 0.6) is 0 Å².